The lowest BCUT2D eigenvalue weighted by Gasteiger charge is -2.24. The molecule has 4 rings (SSSR count). The number of allylic oxidation sites excluding steroid dienone is 2. The van der Waals surface area contributed by atoms with Gasteiger partial charge in [0.05, 0.1) is 24.4 Å². The lowest BCUT2D eigenvalue weighted by Crippen LogP contribution is -2.27. The number of carbonyl (C=O) groups excluding carboxylic acids is 4. The maximum Gasteiger partial charge on any atom is 0.305 e. The molecule has 1 aliphatic carbocycles. The number of aromatic nitrogens is 1. The minimum atomic E-state index is -0.674. The van der Waals surface area contributed by atoms with Gasteiger partial charge in [-0.2, -0.15) is 0 Å². The predicted molar refractivity (Wildman–Crippen MR) is 146 cm³/mol. The molecule has 212 valence electrons. The summed E-state index contributed by atoms with van der Waals surface area (Å²) in [5, 5.41) is 0. The molecule has 1 aromatic heterocycles. The van der Waals surface area contributed by atoms with E-state index in [1.165, 1.54) is 13.8 Å². The Kier molecular flexibility index (Phi) is 9.49. The first-order valence-corrected chi connectivity index (χ1v) is 12.7. The zero-order chi connectivity index (χ0) is 29.4. The average molecular weight is 560 g/mol. The standard InChI is InChI=1S/C31H29NO9/c1-19-24(14-32-25(19)16-37-15-22-10-6-4-7-11-22)27-29(36)30(40-17-38-20(2)33)26(23-12-8-5-9-13-23)28(35)31(27)41-18-39-21(3)34/h4-14,32H,15-18H2,1-3H3. The summed E-state index contributed by atoms with van der Waals surface area (Å²) in [6.45, 7) is 3.58. The molecule has 1 heterocycles. The van der Waals surface area contributed by atoms with E-state index in [1.54, 1.807) is 43.5 Å². The van der Waals surface area contributed by atoms with Gasteiger partial charge in [-0.15, -0.1) is 0 Å². The topological polar surface area (TPSA) is 130 Å². The molecule has 0 fully saturated rings. The molecule has 0 saturated carbocycles. The van der Waals surface area contributed by atoms with Crippen LogP contribution in [-0.4, -0.2) is 42.1 Å². The fraction of sp³-hybridized carbons (Fsp3) is 0.226. The van der Waals surface area contributed by atoms with Gasteiger partial charge in [0.25, 0.3) is 0 Å². The number of hydrogen-bond acceptors (Lipinski definition) is 9. The van der Waals surface area contributed by atoms with Gasteiger partial charge in [-0.25, -0.2) is 0 Å². The van der Waals surface area contributed by atoms with Crippen molar-refractivity contribution in [1.29, 1.82) is 0 Å². The largest absolute Gasteiger partial charge is 0.452 e. The van der Waals surface area contributed by atoms with Crippen LogP contribution < -0.4 is 0 Å². The Morgan fingerprint density at radius 1 is 0.732 bits per heavy atom. The van der Waals surface area contributed by atoms with Gasteiger partial charge < -0.3 is 28.7 Å². The van der Waals surface area contributed by atoms with Crippen LogP contribution in [0.15, 0.2) is 78.4 Å². The van der Waals surface area contributed by atoms with Crippen molar-refractivity contribution < 1.29 is 42.9 Å². The van der Waals surface area contributed by atoms with Crippen LogP contribution in [0, 0.1) is 6.92 Å². The van der Waals surface area contributed by atoms with E-state index in [2.05, 4.69) is 4.98 Å². The number of hydrogen-bond donors (Lipinski definition) is 1. The molecule has 0 amide bonds. The van der Waals surface area contributed by atoms with Crippen LogP contribution in [0.5, 0.6) is 0 Å². The number of ether oxygens (including phenoxy) is 5. The summed E-state index contributed by atoms with van der Waals surface area (Å²) in [6.07, 6.45) is 1.57. The van der Waals surface area contributed by atoms with E-state index in [0.717, 1.165) is 5.56 Å². The lowest BCUT2D eigenvalue weighted by molar-refractivity contribution is -0.153. The third-order valence-electron chi connectivity index (χ3n) is 6.19. The summed E-state index contributed by atoms with van der Waals surface area (Å²) < 4.78 is 26.9. The SMILES string of the molecule is CC(=O)OCOC1=C(c2ccccc2)C(=O)C(OCOC(C)=O)=C(c2c[nH]c(COCc3ccccc3)c2C)C1=O. The Bertz CT molecular complexity index is 1500. The molecular formula is C31H29NO9. The van der Waals surface area contributed by atoms with Crippen molar-refractivity contribution in [1.82, 2.24) is 4.98 Å². The van der Waals surface area contributed by atoms with Crippen LogP contribution in [0.1, 0.15) is 41.8 Å². The zero-order valence-corrected chi connectivity index (χ0v) is 22.9. The zero-order valence-electron chi connectivity index (χ0n) is 22.9. The van der Waals surface area contributed by atoms with Crippen molar-refractivity contribution >= 4 is 34.7 Å². The van der Waals surface area contributed by atoms with E-state index >= 15 is 0 Å². The Hall–Kier alpha value is -4.96. The summed E-state index contributed by atoms with van der Waals surface area (Å²) in [7, 11) is 0. The van der Waals surface area contributed by atoms with Gasteiger partial charge in [0.2, 0.25) is 25.2 Å². The first-order valence-electron chi connectivity index (χ1n) is 12.7. The molecule has 0 aliphatic heterocycles. The number of ketones is 2. The minimum Gasteiger partial charge on any atom is -0.452 e. The number of carbonyl (C=O) groups is 4. The van der Waals surface area contributed by atoms with Crippen LogP contribution >= 0.6 is 0 Å². The smallest absolute Gasteiger partial charge is 0.305 e. The predicted octanol–water partition coefficient (Wildman–Crippen LogP) is 4.39. The molecule has 10 heteroatoms. The van der Waals surface area contributed by atoms with Gasteiger partial charge in [-0.05, 0) is 23.6 Å². The fourth-order valence-corrected chi connectivity index (χ4v) is 4.18. The first kappa shape index (κ1) is 29.0. The number of esters is 2. The summed E-state index contributed by atoms with van der Waals surface area (Å²) in [4.78, 5) is 53.8. The van der Waals surface area contributed by atoms with Gasteiger partial charge in [-0.3, -0.25) is 19.2 Å². The number of nitrogens with one attached hydrogen (secondary N) is 1. The van der Waals surface area contributed by atoms with Gasteiger partial charge in [0.15, 0.2) is 11.5 Å². The molecule has 41 heavy (non-hydrogen) atoms. The summed E-state index contributed by atoms with van der Waals surface area (Å²) in [5.41, 5.74) is 2.92. The number of benzene rings is 2. The van der Waals surface area contributed by atoms with E-state index < -0.39 is 37.1 Å². The highest BCUT2D eigenvalue weighted by molar-refractivity contribution is 6.47. The summed E-state index contributed by atoms with van der Waals surface area (Å²) >= 11 is 0. The Morgan fingerprint density at radius 3 is 1.85 bits per heavy atom. The molecule has 0 atom stereocenters. The van der Waals surface area contributed by atoms with E-state index in [9.17, 15) is 19.2 Å². The van der Waals surface area contributed by atoms with E-state index in [0.29, 0.717) is 29.0 Å². The molecule has 1 N–H and O–H groups in total. The molecule has 0 saturated heterocycles. The molecule has 10 nitrogen and oxygen atoms in total. The number of aromatic amines is 1. The van der Waals surface area contributed by atoms with E-state index in [4.69, 9.17) is 23.7 Å². The van der Waals surface area contributed by atoms with Crippen LogP contribution in [-0.2, 0) is 56.1 Å². The highest BCUT2D eigenvalue weighted by Gasteiger charge is 2.40. The van der Waals surface area contributed by atoms with E-state index in [1.807, 2.05) is 30.3 Å². The second-order valence-corrected chi connectivity index (χ2v) is 9.01. The maximum atomic E-state index is 14.0. The average Bonchev–Trinajstić information content (AvgIpc) is 3.31. The summed E-state index contributed by atoms with van der Waals surface area (Å²) in [6, 6.07) is 18.1. The number of rotatable bonds is 12. The van der Waals surface area contributed by atoms with Crippen molar-refractivity contribution in [2.45, 2.75) is 34.0 Å². The normalized spacial score (nSPS) is 13.3. The Morgan fingerprint density at radius 2 is 1.27 bits per heavy atom. The second-order valence-electron chi connectivity index (χ2n) is 9.01. The van der Waals surface area contributed by atoms with Crippen LogP contribution in [0.4, 0.5) is 0 Å². The molecule has 0 spiro atoms. The van der Waals surface area contributed by atoms with Crippen molar-refractivity contribution in [3.05, 3.63) is 106 Å². The van der Waals surface area contributed by atoms with Gasteiger partial charge in [-0.1, -0.05) is 60.7 Å². The quantitative estimate of drug-likeness (QED) is 0.195. The highest BCUT2D eigenvalue weighted by Crippen LogP contribution is 2.38. The van der Waals surface area contributed by atoms with Crippen LogP contribution in [0.25, 0.3) is 11.1 Å². The molecule has 0 bridgehead atoms. The monoisotopic (exact) mass is 559 g/mol. The van der Waals surface area contributed by atoms with Crippen molar-refractivity contribution in [2.75, 3.05) is 13.6 Å². The third kappa shape index (κ3) is 6.98. The van der Waals surface area contributed by atoms with Crippen LogP contribution in [0.3, 0.4) is 0 Å². The molecule has 0 radical (unpaired) electrons. The van der Waals surface area contributed by atoms with Gasteiger partial charge in [0.1, 0.15) is 0 Å². The van der Waals surface area contributed by atoms with Gasteiger partial charge >= 0.3 is 11.9 Å². The molecule has 3 aromatic rings. The van der Waals surface area contributed by atoms with Gasteiger partial charge in [0, 0.05) is 31.3 Å². The van der Waals surface area contributed by atoms with E-state index in [-0.39, 0.29) is 29.3 Å². The summed E-state index contributed by atoms with van der Waals surface area (Å²) in [5.74, 6) is -3.20. The maximum absolute atomic E-state index is 14.0. The van der Waals surface area contributed by atoms with Crippen molar-refractivity contribution in [3.63, 3.8) is 0 Å². The number of H-pyrrole nitrogens is 1. The fourth-order valence-electron chi connectivity index (χ4n) is 4.18. The Labute approximate surface area is 236 Å². The molecule has 1 aliphatic rings. The molecule has 2 aromatic carbocycles. The lowest BCUT2D eigenvalue weighted by atomic mass is 9.85. The minimum absolute atomic E-state index is 0.0797. The highest BCUT2D eigenvalue weighted by atomic mass is 16.7. The third-order valence-corrected chi connectivity index (χ3v) is 6.19. The van der Waals surface area contributed by atoms with Crippen molar-refractivity contribution in [3.8, 4) is 0 Å². The molecular weight excluding hydrogens is 530 g/mol. The van der Waals surface area contributed by atoms with Crippen molar-refractivity contribution in [2.24, 2.45) is 0 Å². The molecule has 0 unspecified atom stereocenters. The second kappa shape index (κ2) is 13.4. The van der Waals surface area contributed by atoms with Crippen LogP contribution in [0.2, 0.25) is 0 Å². The number of Topliss-reactive ketones (excluding diaryl/α,β-unsaturated/α-hetero) is 2. The Balaban J connectivity index is 1.72. The first-order chi connectivity index (χ1) is 19.8.